The summed E-state index contributed by atoms with van der Waals surface area (Å²) in [5.74, 6) is 0.540. The van der Waals surface area contributed by atoms with Crippen molar-refractivity contribution >= 4 is 23.5 Å². The highest BCUT2D eigenvalue weighted by Crippen LogP contribution is 2.23. The number of aromatic nitrogens is 1. The van der Waals surface area contributed by atoms with Crippen LogP contribution >= 0.6 is 11.3 Å². The Morgan fingerprint density at radius 2 is 1.77 bits per heavy atom. The number of hydrogen-bond acceptors (Lipinski definition) is 5. The summed E-state index contributed by atoms with van der Waals surface area (Å²) < 4.78 is 5.87. The smallest absolute Gasteiger partial charge is 0.283 e. The van der Waals surface area contributed by atoms with Gasteiger partial charge in [0.15, 0.2) is 0 Å². The van der Waals surface area contributed by atoms with Crippen LogP contribution in [0.3, 0.4) is 0 Å². The van der Waals surface area contributed by atoms with Gasteiger partial charge in [0, 0.05) is 0 Å². The molecule has 1 N–H and O–H groups in total. The second-order valence-corrected chi connectivity index (χ2v) is 9.35. The highest BCUT2D eigenvalue weighted by atomic mass is 32.1. The number of carbonyl (C=O) groups is 1. The number of thiazole rings is 1. The van der Waals surface area contributed by atoms with E-state index in [2.05, 4.69) is 60.5 Å². The fourth-order valence-corrected chi connectivity index (χ4v) is 3.69. The minimum absolute atomic E-state index is 0.147. The molecule has 0 saturated heterocycles. The zero-order valence-corrected chi connectivity index (χ0v) is 18.8. The SMILES string of the molecule is Cc1nc(C)c(C(=O)N/N=C/c2ccc(OCc3ccc(C(C)(C)C)cc3)cc2)s1. The number of amides is 1. The molecule has 6 heteroatoms. The van der Waals surface area contributed by atoms with Gasteiger partial charge in [-0.3, -0.25) is 4.79 Å². The molecule has 1 aromatic heterocycles. The largest absolute Gasteiger partial charge is 0.489 e. The van der Waals surface area contributed by atoms with E-state index >= 15 is 0 Å². The van der Waals surface area contributed by atoms with Crippen LogP contribution in [0.2, 0.25) is 0 Å². The third-order valence-electron chi connectivity index (χ3n) is 4.60. The van der Waals surface area contributed by atoms with Gasteiger partial charge in [-0.2, -0.15) is 5.10 Å². The van der Waals surface area contributed by atoms with Crippen molar-refractivity contribution in [3.05, 3.63) is 80.8 Å². The Bertz CT molecular complexity index is 1030. The maximum absolute atomic E-state index is 12.1. The number of hydrogen-bond donors (Lipinski definition) is 1. The first kappa shape index (κ1) is 21.7. The Morgan fingerprint density at radius 1 is 1.10 bits per heavy atom. The molecular weight excluding hydrogens is 394 g/mol. The fourth-order valence-electron chi connectivity index (χ4n) is 2.88. The van der Waals surface area contributed by atoms with E-state index in [1.807, 2.05) is 38.1 Å². The fraction of sp³-hybridized carbons (Fsp3) is 0.292. The third kappa shape index (κ3) is 5.76. The van der Waals surface area contributed by atoms with E-state index in [0.717, 1.165) is 27.6 Å². The number of carbonyl (C=O) groups excluding carboxylic acids is 1. The van der Waals surface area contributed by atoms with Crippen molar-refractivity contribution in [3.8, 4) is 5.75 Å². The molecule has 0 fully saturated rings. The summed E-state index contributed by atoms with van der Waals surface area (Å²) in [5.41, 5.74) is 6.72. The summed E-state index contributed by atoms with van der Waals surface area (Å²) in [7, 11) is 0. The average Bonchev–Trinajstić information content (AvgIpc) is 3.05. The Hall–Kier alpha value is -2.99. The monoisotopic (exact) mass is 421 g/mol. The molecule has 1 amide bonds. The van der Waals surface area contributed by atoms with Gasteiger partial charge in [0.05, 0.1) is 16.9 Å². The Morgan fingerprint density at radius 3 is 2.33 bits per heavy atom. The van der Waals surface area contributed by atoms with Crippen LogP contribution in [0, 0.1) is 13.8 Å². The molecular formula is C24H27N3O2S. The first-order valence-electron chi connectivity index (χ1n) is 9.82. The summed E-state index contributed by atoms with van der Waals surface area (Å²) in [5, 5.41) is 4.90. The lowest BCUT2D eigenvalue weighted by Gasteiger charge is -2.19. The van der Waals surface area contributed by atoms with Crippen molar-refractivity contribution in [1.29, 1.82) is 0 Å². The van der Waals surface area contributed by atoms with Crippen molar-refractivity contribution in [1.82, 2.24) is 10.4 Å². The molecule has 0 aliphatic carbocycles. The van der Waals surface area contributed by atoms with Gasteiger partial charge in [0.25, 0.3) is 5.91 Å². The van der Waals surface area contributed by atoms with Crippen LogP contribution in [0.4, 0.5) is 0 Å². The van der Waals surface area contributed by atoms with E-state index in [1.54, 1.807) is 6.21 Å². The van der Waals surface area contributed by atoms with Gasteiger partial charge in [0.1, 0.15) is 17.2 Å². The summed E-state index contributed by atoms with van der Waals surface area (Å²) in [6.45, 7) is 10.8. The molecule has 5 nitrogen and oxygen atoms in total. The molecule has 0 aliphatic rings. The van der Waals surface area contributed by atoms with E-state index in [4.69, 9.17) is 4.74 Å². The molecule has 30 heavy (non-hydrogen) atoms. The summed E-state index contributed by atoms with van der Waals surface area (Å²) in [6, 6.07) is 16.1. The minimum atomic E-state index is -0.244. The molecule has 0 spiro atoms. The minimum Gasteiger partial charge on any atom is -0.489 e. The number of nitrogens with zero attached hydrogens (tertiary/aromatic N) is 2. The predicted octanol–water partition coefficient (Wildman–Crippen LogP) is 5.40. The highest BCUT2D eigenvalue weighted by molar-refractivity contribution is 7.13. The van der Waals surface area contributed by atoms with E-state index < -0.39 is 0 Å². The van der Waals surface area contributed by atoms with Crippen LogP contribution < -0.4 is 10.2 Å². The second kappa shape index (κ2) is 9.22. The first-order valence-corrected chi connectivity index (χ1v) is 10.6. The topological polar surface area (TPSA) is 63.6 Å². The summed E-state index contributed by atoms with van der Waals surface area (Å²) in [6.07, 6.45) is 1.61. The van der Waals surface area contributed by atoms with E-state index in [-0.39, 0.29) is 11.3 Å². The molecule has 0 radical (unpaired) electrons. The lowest BCUT2D eigenvalue weighted by Crippen LogP contribution is -2.17. The van der Waals surface area contributed by atoms with Gasteiger partial charge in [-0.25, -0.2) is 10.4 Å². The lowest BCUT2D eigenvalue weighted by molar-refractivity contribution is 0.0958. The quantitative estimate of drug-likeness (QED) is 0.428. The van der Waals surface area contributed by atoms with Gasteiger partial charge < -0.3 is 4.74 Å². The zero-order valence-electron chi connectivity index (χ0n) is 18.0. The van der Waals surface area contributed by atoms with Gasteiger partial charge in [-0.15, -0.1) is 11.3 Å². The van der Waals surface area contributed by atoms with Crippen LogP contribution in [0.25, 0.3) is 0 Å². The molecule has 0 saturated carbocycles. The normalized spacial score (nSPS) is 11.6. The number of benzene rings is 2. The Kier molecular flexibility index (Phi) is 6.67. The first-order chi connectivity index (χ1) is 14.2. The van der Waals surface area contributed by atoms with Crippen LogP contribution in [0.15, 0.2) is 53.6 Å². The van der Waals surface area contributed by atoms with Gasteiger partial charge in [-0.1, -0.05) is 45.0 Å². The molecule has 3 aromatic rings. The molecule has 0 bridgehead atoms. The van der Waals surface area contributed by atoms with Crippen molar-refractivity contribution < 1.29 is 9.53 Å². The average molecular weight is 422 g/mol. The Labute approximate surface area is 181 Å². The van der Waals surface area contributed by atoms with Crippen molar-refractivity contribution in [3.63, 3.8) is 0 Å². The molecule has 0 unspecified atom stereocenters. The van der Waals surface area contributed by atoms with Crippen LogP contribution in [0.1, 0.15) is 57.8 Å². The van der Waals surface area contributed by atoms with Crippen LogP contribution in [0.5, 0.6) is 5.75 Å². The van der Waals surface area contributed by atoms with Crippen LogP contribution in [-0.4, -0.2) is 17.1 Å². The standard InChI is InChI=1S/C24H27N3O2S/c1-16-22(30-17(2)26-16)23(28)27-25-14-18-8-12-21(13-9-18)29-15-19-6-10-20(11-7-19)24(3,4)5/h6-14H,15H2,1-5H3,(H,27,28)/b25-14+. The van der Waals surface area contributed by atoms with Crippen molar-refractivity contribution in [2.24, 2.45) is 5.10 Å². The number of hydrazone groups is 1. The predicted molar refractivity (Wildman–Crippen MR) is 123 cm³/mol. The number of ether oxygens (including phenoxy) is 1. The van der Waals surface area contributed by atoms with Gasteiger partial charge in [0.2, 0.25) is 0 Å². The molecule has 1 heterocycles. The number of nitrogens with one attached hydrogen (secondary N) is 1. The molecule has 3 rings (SSSR count). The van der Waals surface area contributed by atoms with Crippen molar-refractivity contribution in [2.75, 3.05) is 0 Å². The molecule has 156 valence electrons. The molecule has 2 aromatic carbocycles. The zero-order chi connectivity index (χ0) is 21.7. The molecule has 0 atom stereocenters. The third-order valence-corrected chi connectivity index (χ3v) is 5.67. The maximum Gasteiger partial charge on any atom is 0.283 e. The summed E-state index contributed by atoms with van der Waals surface area (Å²) >= 11 is 1.36. The number of rotatable bonds is 6. The lowest BCUT2D eigenvalue weighted by atomic mass is 9.87. The Balaban J connectivity index is 1.51. The second-order valence-electron chi connectivity index (χ2n) is 8.15. The van der Waals surface area contributed by atoms with E-state index in [9.17, 15) is 4.79 Å². The summed E-state index contributed by atoms with van der Waals surface area (Å²) in [4.78, 5) is 17.0. The molecule has 0 aliphatic heterocycles. The highest BCUT2D eigenvalue weighted by Gasteiger charge is 2.13. The van der Waals surface area contributed by atoms with Crippen molar-refractivity contribution in [2.45, 2.75) is 46.6 Å². The van der Waals surface area contributed by atoms with Crippen LogP contribution in [-0.2, 0) is 12.0 Å². The number of aryl methyl sites for hydroxylation is 2. The maximum atomic E-state index is 12.1. The van der Waals surface area contributed by atoms with E-state index in [0.29, 0.717) is 11.5 Å². The van der Waals surface area contributed by atoms with Gasteiger partial charge >= 0.3 is 0 Å². The van der Waals surface area contributed by atoms with E-state index in [1.165, 1.54) is 16.9 Å². The van der Waals surface area contributed by atoms with Gasteiger partial charge in [-0.05, 0) is 60.2 Å².